The quantitative estimate of drug-likeness (QED) is 0.768. The fraction of sp³-hybridized carbons (Fsp3) is 0.600. The highest BCUT2D eigenvalue weighted by molar-refractivity contribution is 5.17. The zero-order valence-electron chi connectivity index (χ0n) is 11.6. The molecule has 0 radical (unpaired) electrons. The molecule has 0 bridgehead atoms. The first-order valence-electron chi connectivity index (χ1n) is 6.66. The molecule has 2 atom stereocenters. The molecule has 1 N–H and O–H groups in total. The van der Waals surface area contributed by atoms with Crippen LogP contribution in [0, 0.1) is 5.82 Å². The minimum Gasteiger partial charge on any atom is -0.382 e. The molecule has 3 heteroatoms. The van der Waals surface area contributed by atoms with E-state index in [2.05, 4.69) is 19.2 Å². The maximum Gasteiger partial charge on any atom is 0.123 e. The fourth-order valence-electron chi connectivity index (χ4n) is 2.02. The lowest BCUT2D eigenvalue weighted by Gasteiger charge is -2.19. The van der Waals surface area contributed by atoms with E-state index in [1.165, 1.54) is 17.7 Å². The maximum absolute atomic E-state index is 12.8. The third-order valence-corrected chi connectivity index (χ3v) is 3.21. The van der Waals surface area contributed by atoms with Crippen LogP contribution >= 0.6 is 0 Å². The van der Waals surface area contributed by atoms with Crippen LogP contribution in [0.15, 0.2) is 24.3 Å². The van der Waals surface area contributed by atoms with Gasteiger partial charge in [0.15, 0.2) is 0 Å². The van der Waals surface area contributed by atoms with Gasteiger partial charge in [0.1, 0.15) is 5.82 Å². The average molecular weight is 253 g/mol. The number of rotatable bonds is 8. The number of hydrogen-bond acceptors (Lipinski definition) is 2. The Labute approximate surface area is 110 Å². The van der Waals surface area contributed by atoms with Gasteiger partial charge in [0.2, 0.25) is 0 Å². The maximum atomic E-state index is 12.8. The largest absolute Gasteiger partial charge is 0.382 e. The summed E-state index contributed by atoms with van der Waals surface area (Å²) in [6, 6.07) is 7.20. The van der Waals surface area contributed by atoms with Crippen molar-refractivity contribution in [1.82, 2.24) is 5.32 Å². The van der Waals surface area contributed by atoms with Gasteiger partial charge < -0.3 is 10.1 Å². The summed E-state index contributed by atoms with van der Waals surface area (Å²) < 4.78 is 18.1. The summed E-state index contributed by atoms with van der Waals surface area (Å²) in [6.45, 7) is 5.14. The first-order valence-corrected chi connectivity index (χ1v) is 6.66. The zero-order valence-corrected chi connectivity index (χ0v) is 11.6. The topological polar surface area (TPSA) is 21.3 Å². The smallest absolute Gasteiger partial charge is 0.123 e. The normalized spacial score (nSPS) is 14.4. The first kappa shape index (κ1) is 15.1. The van der Waals surface area contributed by atoms with Crippen LogP contribution in [-0.2, 0) is 11.2 Å². The molecular formula is C15H24FNO. The second-order valence-corrected chi connectivity index (χ2v) is 4.71. The summed E-state index contributed by atoms with van der Waals surface area (Å²) >= 11 is 0. The highest BCUT2D eigenvalue weighted by Gasteiger charge is 2.10. The second-order valence-electron chi connectivity index (χ2n) is 4.71. The Morgan fingerprint density at radius 2 is 1.89 bits per heavy atom. The molecule has 0 aliphatic heterocycles. The molecule has 2 nitrogen and oxygen atoms in total. The van der Waals surface area contributed by atoms with E-state index in [4.69, 9.17) is 4.74 Å². The summed E-state index contributed by atoms with van der Waals surface area (Å²) in [6.07, 6.45) is 3.33. The zero-order chi connectivity index (χ0) is 13.4. The van der Waals surface area contributed by atoms with Gasteiger partial charge in [0.25, 0.3) is 0 Å². The van der Waals surface area contributed by atoms with E-state index in [9.17, 15) is 4.39 Å². The third-order valence-electron chi connectivity index (χ3n) is 3.21. The lowest BCUT2D eigenvalue weighted by atomic mass is 10.0. The van der Waals surface area contributed by atoms with Gasteiger partial charge in [-0.3, -0.25) is 0 Å². The van der Waals surface area contributed by atoms with Crippen molar-refractivity contribution in [3.05, 3.63) is 35.6 Å². The summed E-state index contributed by atoms with van der Waals surface area (Å²) in [4.78, 5) is 0. The van der Waals surface area contributed by atoms with E-state index in [0.29, 0.717) is 12.1 Å². The van der Waals surface area contributed by atoms with Gasteiger partial charge >= 0.3 is 0 Å². The predicted octanol–water partition coefficient (Wildman–Crippen LogP) is 3.16. The summed E-state index contributed by atoms with van der Waals surface area (Å²) in [5.74, 6) is -0.174. The number of ether oxygens (including phenoxy) is 1. The molecule has 0 saturated carbocycles. The van der Waals surface area contributed by atoms with Crippen molar-refractivity contribution < 1.29 is 9.13 Å². The molecule has 0 spiro atoms. The van der Waals surface area contributed by atoms with Crippen molar-refractivity contribution in [1.29, 1.82) is 0 Å². The van der Waals surface area contributed by atoms with Crippen LogP contribution in [0.1, 0.15) is 32.3 Å². The van der Waals surface area contributed by atoms with E-state index in [1.807, 2.05) is 12.1 Å². The molecule has 0 fully saturated rings. The van der Waals surface area contributed by atoms with Gasteiger partial charge in [-0.2, -0.15) is 0 Å². The van der Waals surface area contributed by atoms with Crippen LogP contribution in [-0.4, -0.2) is 25.8 Å². The molecule has 0 amide bonds. The molecule has 1 rings (SSSR count). The van der Waals surface area contributed by atoms with Gasteiger partial charge in [-0.15, -0.1) is 0 Å². The average Bonchev–Trinajstić information content (AvgIpc) is 2.38. The minimum absolute atomic E-state index is 0.174. The number of halogens is 1. The molecule has 0 aliphatic carbocycles. The van der Waals surface area contributed by atoms with Crippen molar-refractivity contribution >= 4 is 0 Å². The predicted molar refractivity (Wildman–Crippen MR) is 73.3 cm³/mol. The van der Waals surface area contributed by atoms with Crippen LogP contribution in [0.3, 0.4) is 0 Å². The molecule has 102 valence electrons. The fourth-order valence-corrected chi connectivity index (χ4v) is 2.02. The SMILES string of the molecule is CCNC(CCC(C)OC)Cc1ccc(F)cc1. The van der Waals surface area contributed by atoms with E-state index >= 15 is 0 Å². The number of likely N-dealkylation sites (N-methyl/N-ethyl adjacent to an activating group) is 1. The van der Waals surface area contributed by atoms with Crippen molar-refractivity contribution in [2.75, 3.05) is 13.7 Å². The lowest BCUT2D eigenvalue weighted by molar-refractivity contribution is 0.106. The van der Waals surface area contributed by atoms with Crippen molar-refractivity contribution in [2.45, 2.75) is 45.3 Å². The summed E-state index contributed by atoms with van der Waals surface area (Å²) in [7, 11) is 1.74. The molecular weight excluding hydrogens is 229 g/mol. The van der Waals surface area contributed by atoms with Crippen LogP contribution in [0.2, 0.25) is 0 Å². The molecule has 2 unspecified atom stereocenters. The highest BCUT2D eigenvalue weighted by Crippen LogP contribution is 2.11. The van der Waals surface area contributed by atoms with Crippen molar-refractivity contribution in [2.24, 2.45) is 0 Å². The van der Waals surface area contributed by atoms with E-state index < -0.39 is 0 Å². The lowest BCUT2D eigenvalue weighted by Crippen LogP contribution is -2.31. The van der Waals surface area contributed by atoms with E-state index in [0.717, 1.165) is 25.8 Å². The van der Waals surface area contributed by atoms with Gasteiger partial charge in [-0.25, -0.2) is 4.39 Å². The van der Waals surface area contributed by atoms with Crippen LogP contribution < -0.4 is 5.32 Å². The van der Waals surface area contributed by atoms with Gasteiger partial charge in [0.05, 0.1) is 6.10 Å². The summed E-state index contributed by atoms with van der Waals surface area (Å²) in [5.41, 5.74) is 1.17. The molecule has 0 aromatic heterocycles. The number of hydrogen-bond donors (Lipinski definition) is 1. The van der Waals surface area contributed by atoms with Gasteiger partial charge in [-0.1, -0.05) is 19.1 Å². The molecule has 0 aliphatic rings. The Balaban J connectivity index is 2.48. The van der Waals surface area contributed by atoms with Crippen molar-refractivity contribution in [3.63, 3.8) is 0 Å². The standard InChI is InChI=1S/C15H24FNO/c1-4-17-15(10-5-12(2)18-3)11-13-6-8-14(16)9-7-13/h6-9,12,15,17H,4-5,10-11H2,1-3H3. The van der Waals surface area contributed by atoms with Crippen LogP contribution in [0.25, 0.3) is 0 Å². The monoisotopic (exact) mass is 253 g/mol. The first-order chi connectivity index (χ1) is 8.65. The van der Waals surface area contributed by atoms with Gasteiger partial charge in [0, 0.05) is 13.2 Å². The molecule has 18 heavy (non-hydrogen) atoms. The molecule has 1 aromatic carbocycles. The Kier molecular flexibility index (Phi) is 6.91. The molecule has 0 heterocycles. The Bertz CT molecular complexity index is 326. The number of benzene rings is 1. The number of methoxy groups -OCH3 is 1. The van der Waals surface area contributed by atoms with E-state index in [1.54, 1.807) is 7.11 Å². The van der Waals surface area contributed by atoms with Crippen molar-refractivity contribution in [3.8, 4) is 0 Å². The van der Waals surface area contributed by atoms with Crippen LogP contribution in [0.4, 0.5) is 4.39 Å². The Hall–Kier alpha value is -0.930. The second kappa shape index (κ2) is 8.22. The minimum atomic E-state index is -0.174. The molecule has 1 aromatic rings. The van der Waals surface area contributed by atoms with Crippen LogP contribution in [0.5, 0.6) is 0 Å². The number of nitrogens with one attached hydrogen (secondary N) is 1. The highest BCUT2D eigenvalue weighted by atomic mass is 19.1. The Morgan fingerprint density at radius 1 is 1.22 bits per heavy atom. The Morgan fingerprint density at radius 3 is 2.44 bits per heavy atom. The summed E-state index contributed by atoms with van der Waals surface area (Å²) in [5, 5.41) is 3.48. The third kappa shape index (κ3) is 5.61. The van der Waals surface area contributed by atoms with E-state index in [-0.39, 0.29) is 5.82 Å². The van der Waals surface area contributed by atoms with Gasteiger partial charge in [-0.05, 0) is 50.4 Å². The molecule has 0 saturated heterocycles.